The van der Waals surface area contributed by atoms with Crippen molar-refractivity contribution >= 4 is 0 Å². The number of hydrogen-bond donors (Lipinski definition) is 1. The van der Waals surface area contributed by atoms with Crippen LogP contribution in [0.25, 0.3) is 0 Å². The molecule has 0 unspecified atom stereocenters. The fourth-order valence-corrected chi connectivity index (χ4v) is 2.71. The molecule has 0 amide bonds. The Morgan fingerprint density at radius 3 is 2.52 bits per heavy atom. The lowest BCUT2D eigenvalue weighted by atomic mass is 10.1. The molecule has 23 heavy (non-hydrogen) atoms. The van der Waals surface area contributed by atoms with Gasteiger partial charge in [0.25, 0.3) is 0 Å². The first-order valence-corrected chi connectivity index (χ1v) is 7.59. The van der Waals surface area contributed by atoms with Gasteiger partial charge >= 0.3 is 6.18 Å². The van der Waals surface area contributed by atoms with Crippen LogP contribution in [0.4, 0.5) is 13.2 Å². The van der Waals surface area contributed by atoms with Crippen molar-refractivity contribution in [1.29, 1.82) is 0 Å². The summed E-state index contributed by atoms with van der Waals surface area (Å²) in [6, 6.07) is 4.69. The predicted octanol–water partition coefficient (Wildman–Crippen LogP) is 2.00. The number of nitrogens with zero attached hydrogens (tertiary/aromatic N) is 2. The molecule has 0 aromatic heterocycles. The van der Waals surface area contributed by atoms with Crippen LogP contribution in [0.15, 0.2) is 24.3 Å². The minimum absolute atomic E-state index is 0.0820. The molecular formula is C16H23F3N2O2. The van der Waals surface area contributed by atoms with Gasteiger partial charge in [-0.05, 0) is 31.8 Å². The van der Waals surface area contributed by atoms with Crippen LogP contribution in [0.5, 0.6) is 0 Å². The number of aliphatic hydroxyl groups excluding tert-OH is 1. The van der Waals surface area contributed by atoms with Crippen LogP contribution >= 0.6 is 0 Å². The van der Waals surface area contributed by atoms with E-state index in [1.165, 1.54) is 12.1 Å². The van der Waals surface area contributed by atoms with Crippen LogP contribution in [-0.4, -0.2) is 67.9 Å². The van der Waals surface area contributed by atoms with Gasteiger partial charge in [-0.15, -0.1) is 0 Å². The van der Waals surface area contributed by atoms with E-state index in [4.69, 9.17) is 4.74 Å². The van der Waals surface area contributed by atoms with Crippen LogP contribution in [0, 0.1) is 0 Å². The Balaban J connectivity index is 1.92. The smallest absolute Gasteiger partial charge is 0.387 e. The number of alkyl halides is 3. The number of rotatable bonds is 5. The topological polar surface area (TPSA) is 35.9 Å². The number of morpholine rings is 1. The number of hydrogen-bond acceptors (Lipinski definition) is 4. The van der Waals surface area contributed by atoms with E-state index in [9.17, 15) is 18.3 Å². The monoisotopic (exact) mass is 332 g/mol. The Labute approximate surface area is 134 Å². The minimum atomic E-state index is -4.35. The van der Waals surface area contributed by atoms with Crippen LogP contribution in [-0.2, 0) is 10.9 Å². The highest BCUT2D eigenvalue weighted by atomic mass is 19.4. The Hall–Kier alpha value is -1.15. The van der Waals surface area contributed by atoms with Crippen molar-refractivity contribution in [3.8, 4) is 0 Å². The van der Waals surface area contributed by atoms with E-state index in [1.54, 1.807) is 0 Å². The number of likely N-dealkylation sites (N-methyl/N-ethyl adjacent to an activating group) is 1. The molecule has 1 aliphatic heterocycles. The minimum Gasteiger partial charge on any atom is -0.387 e. The molecule has 1 aromatic rings. The maximum absolute atomic E-state index is 12.6. The largest absolute Gasteiger partial charge is 0.416 e. The lowest BCUT2D eigenvalue weighted by molar-refractivity contribution is -0.137. The van der Waals surface area contributed by atoms with Crippen molar-refractivity contribution in [1.82, 2.24) is 9.80 Å². The van der Waals surface area contributed by atoms with Crippen molar-refractivity contribution in [2.24, 2.45) is 0 Å². The van der Waals surface area contributed by atoms with Crippen molar-refractivity contribution < 1.29 is 23.0 Å². The first kappa shape index (κ1) is 18.2. The third-order valence-electron chi connectivity index (χ3n) is 3.85. The lowest BCUT2D eigenvalue weighted by Crippen LogP contribution is -2.47. The summed E-state index contributed by atoms with van der Waals surface area (Å²) >= 11 is 0. The fraction of sp³-hybridized carbons (Fsp3) is 0.625. The SMILES string of the molecule is CN(C)C[C@@H]1CN(C[C@H](O)c2ccc(C(F)(F)F)cc2)CCO1. The van der Waals surface area contributed by atoms with E-state index in [2.05, 4.69) is 4.90 Å². The van der Waals surface area contributed by atoms with E-state index in [0.717, 1.165) is 18.7 Å². The molecule has 0 spiro atoms. The average Bonchev–Trinajstić information content (AvgIpc) is 2.46. The normalized spacial score (nSPS) is 21.6. The zero-order chi connectivity index (χ0) is 17.0. The second-order valence-electron chi connectivity index (χ2n) is 6.15. The highest BCUT2D eigenvalue weighted by molar-refractivity contribution is 5.26. The Bertz CT molecular complexity index is 491. The third kappa shape index (κ3) is 5.46. The number of benzene rings is 1. The maximum Gasteiger partial charge on any atom is 0.416 e. The van der Waals surface area contributed by atoms with Crippen LogP contribution in [0.3, 0.4) is 0 Å². The molecule has 1 aromatic carbocycles. The molecular weight excluding hydrogens is 309 g/mol. The molecule has 1 saturated heterocycles. The Kier molecular flexibility index (Phi) is 6.02. The first-order chi connectivity index (χ1) is 10.8. The van der Waals surface area contributed by atoms with Crippen molar-refractivity contribution in [3.63, 3.8) is 0 Å². The van der Waals surface area contributed by atoms with Gasteiger partial charge < -0.3 is 14.7 Å². The molecule has 1 aliphatic rings. The summed E-state index contributed by atoms with van der Waals surface area (Å²) in [5, 5.41) is 10.3. The lowest BCUT2D eigenvalue weighted by Gasteiger charge is -2.35. The van der Waals surface area contributed by atoms with Crippen molar-refractivity contribution in [2.45, 2.75) is 18.4 Å². The van der Waals surface area contributed by atoms with Gasteiger partial charge in [0.05, 0.1) is 24.4 Å². The Morgan fingerprint density at radius 1 is 1.30 bits per heavy atom. The Morgan fingerprint density at radius 2 is 1.96 bits per heavy atom. The summed E-state index contributed by atoms with van der Waals surface area (Å²) in [6.45, 7) is 3.20. The standard InChI is InChI=1S/C16H23F3N2O2/c1-20(2)9-14-10-21(7-8-23-14)11-15(22)12-3-5-13(6-4-12)16(17,18)19/h3-6,14-15,22H,7-11H2,1-2H3/t14-,15+/m1/s1. The second-order valence-corrected chi connectivity index (χ2v) is 6.15. The van der Waals surface area contributed by atoms with Crippen molar-refractivity contribution in [2.75, 3.05) is 46.9 Å². The number of aliphatic hydroxyl groups is 1. The van der Waals surface area contributed by atoms with Gasteiger partial charge in [-0.3, -0.25) is 4.90 Å². The van der Waals surface area contributed by atoms with Crippen LogP contribution < -0.4 is 0 Å². The molecule has 1 N–H and O–H groups in total. The molecule has 0 bridgehead atoms. The molecule has 4 nitrogen and oxygen atoms in total. The van der Waals surface area contributed by atoms with Gasteiger partial charge in [0.1, 0.15) is 0 Å². The summed E-state index contributed by atoms with van der Waals surface area (Å²) in [5.74, 6) is 0. The molecule has 130 valence electrons. The molecule has 1 fully saturated rings. The van der Waals surface area contributed by atoms with Gasteiger partial charge in [-0.1, -0.05) is 12.1 Å². The summed E-state index contributed by atoms with van der Waals surface area (Å²) in [6.07, 6.45) is -5.08. The van der Waals surface area contributed by atoms with Gasteiger partial charge in [-0.25, -0.2) is 0 Å². The zero-order valence-electron chi connectivity index (χ0n) is 13.4. The molecule has 7 heteroatoms. The van der Waals surface area contributed by atoms with E-state index in [0.29, 0.717) is 31.8 Å². The highest BCUT2D eigenvalue weighted by Crippen LogP contribution is 2.30. The van der Waals surface area contributed by atoms with E-state index < -0.39 is 17.8 Å². The van der Waals surface area contributed by atoms with E-state index >= 15 is 0 Å². The third-order valence-corrected chi connectivity index (χ3v) is 3.85. The summed E-state index contributed by atoms with van der Waals surface area (Å²) < 4.78 is 43.3. The summed E-state index contributed by atoms with van der Waals surface area (Å²) in [4.78, 5) is 4.13. The number of ether oxygens (including phenoxy) is 1. The molecule has 0 radical (unpaired) electrons. The van der Waals surface area contributed by atoms with Crippen molar-refractivity contribution in [3.05, 3.63) is 35.4 Å². The molecule has 0 aliphatic carbocycles. The van der Waals surface area contributed by atoms with Gasteiger partial charge in [0.15, 0.2) is 0 Å². The first-order valence-electron chi connectivity index (χ1n) is 7.59. The fourth-order valence-electron chi connectivity index (χ4n) is 2.71. The molecule has 1 heterocycles. The van der Waals surface area contributed by atoms with Crippen LogP contribution in [0.2, 0.25) is 0 Å². The van der Waals surface area contributed by atoms with E-state index in [1.807, 2.05) is 19.0 Å². The van der Waals surface area contributed by atoms with Gasteiger partial charge in [-0.2, -0.15) is 13.2 Å². The summed E-state index contributed by atoms with van der Waals surface area (Å²) in [7, 11) is 3.94. The van der Waals surface area contributed by atoms with Gasteiger partial charge in [0.2, 0.25) is 0 Å². The number of halogens is 3. The second kappa shape index (κ2) is 7.61. The molecule has 2 atom stereocenters. The average molecular weight is 332 g/mol. The highest BCUT2D eigenvalue weighted by Gasteiger charge is 2.30. The van der Waals surface area contributed by atoms with Crippen LogP contribution in [0.1, 0.15) is 17.2 Å². The predicted molar refractivity (Wildman–Crippen MR) is 81.1 cm³/mol. The zero-order valence-corrected chi connectivity index (χ0v) is 13.4. The maximum atomic E-state index is 12.6. The molecule has 0 saturated carbocycles. The quantitative estimate of drug-likeness (QED) is 0.895. The molecule has 2 rings (SSSR count). The van der Waals surface area contributed by atoms with E-state index in [-0.39, 0.29) is 6.10 Å². The van der Waals surface area contributed by atoms with Gasteiger partial charge in [0, 0.05) is 26.2 Å². The number of β-amino-alcohol motifs (C(OH)–C–C–N with tert-alkyl or cyclic N) is 1. The summed E-state index contributed by atoms with van der Waals surface area (Å²) in [5.41, 5.74) is -0.209.